The first kappa shape index (κ1) is 20.3. The summed E-state index contributed by atoms with van der Waals surface area (Å²) in [6.45, 7) is 6.31. The van der Waals surface area contributed by atoms with Crippen molar-refractivity contribution in [2.75, 3.05) is 52.9 Å². The molecule has 29 heavy (non-hydrogen) atoms. The van der Waals surface area contributed by atoms with Crippen molar-refractivity contribution in [3.05, 3.63) is 35.6 Å². The fourth-order valence-electron chi connectivity index (χ4n) is 5.00. The minimum atomic E-state index is -0.776. The Balaban J connectivity index is 1.39. The SMILES string of the molecule is CN1CCN(CCCNC(=O)C2(c3ccc(F)cc3)CC3CCC(=O)N3C2)CC1. The first-order valence-electron chi connectivity index (χ1n) is 10.7. The van der Waals surface area contributed by atoms with Gasteiger partial charge < -0.3 is 20.0 Å². The van der Waals surface area contributed by atoms with E-state index in [1.165, 1.54) is 12.1 Å². The van der Waals surface area contributed by atoms with Gasteiger partial charge in [-0.2, -0.15) is 0 Å². The zero-order valence-corrected chi connectivity index (χ0v) is 17.2. The second-order valence-corrected chi connectivity index (χ2v) is 8.76. The Hall–Kier alpha value is -1.99. The number of amides is 2. The van der Waals surface area contributed by atoms with Gasteiger partial charge in [-0.1, -0.05) is 12.1 Å². The summed E-state index contributed by atoms with van der Waals surface area (Å²) in [5.74, 6) is -0.224. The van der Waals surface area contributed by atoms with Crippen LogP contribution in [0.1, 0.15) is 31.2 Å². The maximum atomic E-state index is 13.5. The molecule has 0 aliphatic carbocycles. The van der Waals surface area contributed by atoms with Crippen LogP contribution >= 0.6 is 0 Å². The molecule has 6 nitrogen and oxygen atoms in total. The molecule has 3 fully saturated rings. The Bertz CT molecular complexity index is 748. The van der Waals surface area contributed by atoms with E-state index in [1.54, 1.807) is 12.1 Å². The van der Waals surface area contributed by atoms with Crippen LogP contribution in [0.15, 0.2) is 24.3 Å². The van der Waals surface area contributed by atoms with Crippen molar-refractivity contribution in [1.82, 2.24) is 20.0 Å². The molecule has 2 atom stereocenters. The predicted molar refractivity (Wildman–Crippen MR) is 109 cm³/mol. The molecule has 0 aromatic heterocycles. The minimum absolute atomic E-state index is 0.0373. The molecule has 1 aromatic carbocycles. The molecule has 4 rings (SSSR count). The van der Waals surface area contributed by atoms with E-state index < -0.39 is 5.41 Å². The number of piperazine rings is 1. The third-order valence-corrected chi connectivity index (χ3v) is 6.84. The highest BCUT2D eigenvalue weighted by molar-refractivity contribution is 5.91. The first-order valence-corrected chi connectivity index (χ1v) is 10.7. The molecule has 3 heterocycles. The van der Waals surface area contributed by atoms with Crippen molar-refractivity contribution >= 4 is 11.8 Å². The van der Waals surface area contributed by atoms with E-state index in [0.717, 1.165) is 51.1 Å². The molecule has 7 heteroatoms. The molecule has 2 amide bonds. The van der Waals surface area contributed by atoms with Gasteiger partial charge in [0, 0.05) is 51.7 Å². The first-order chi connectivity index (χ1) is 14.0. The summed E-state index contributed by atoms with van der Waals surface area (Å²) in [6.07, 6.45) is 2.89. The van der Waals surface area contributed by atoms with Crippen molar-refractivity contribution in [3.8, 4) is 0 Å². The average molecular weight is 403 g/mol. The Morgan fingerprint density at radius 1 is 1.21 bits per heavy atom. The lowest BCUT2D eigenvalue weighted by Gasteiger charge is -2.32. The zero-order valence-electron chi connectivity index (χ0n) is 17.2. The van der Waals surface area contributed by atoms with Crippen molar-refractivity contribution in [2.24, 2.45) is 0 Å². The van der Waals surface area contributed by atoms with Crippen LogP contribution in [-0.2, 0) is 15.0 Å². The number of nitrogens with one attached hydrogen (secondary N) is 1. The molecular weight excluding hydrogens is 371 g/mol. The lowest BCUT2D eigenvalue weighted by molar-refractivity contribution is -0.129. The molecule has 3 saturated heterocycles. The van der Waals surface area contributed by atoms with Crippen LogP contribution in [-0.4, -0.2) is 85.4 Å². The zero-order chi connectivity index (χ0) is 20.4. The summed E-state index contributed by atoms with van der Waals surface area (Å²) in [5.41, 5.74) is 0.0279. The minimum Gasteiger partial charge on any atom is -0.355 e. The van der Waals surface area contributed by atoms with Crippen LogP contribution in [0.5, 0.6) is 0 Å². The van der Waals surface area contributed by atoms with Gasteiger partial charge in [0.1, 0.15) is 5.82 Å². The quantitative estimate of drug-likeness (QED) is 0.727. The van der Waals surface area contributed by atoms with E-state index in [2.05, 4.69) is 22.2 Å². The summed E-state index contributed by atoms with van der Waals surface area (Å²) < 4.78 is 13.5. The van der Waals surface area contributed by atoms with Gasteiger partial charge in [-0.3, -0.25) is 9.59 Å². The largest absolute Gasteiger partial charge is 0.355 e. The van der Waals surface area contributed by atoms with E-state index >= 15 is 0 Å². The molecule has 3 aliphatic heterocycles. The third-order valence-electron chi connectivity index (χ3n) is 6.84. The summed E-state index contributed by atoms with van der Waals surface area (Å²) in [4.78, 5) is 32.2. The van der Waals surface area contributed by atoms with E-state index in [9.17, 15) is 14.0 Å². The number of hydrogen-bond acceptors (Lipinski definition) is 4. The normalized spacial score (nSPS) is 28.0. The molecule has 0 spiro atoms. The second-order valence-electron chi connectivity index (χ2n) is 8.76. The Morgan fingerprint density at radius 3 is 2.62 bits per heavy atom. The number of rotatable bonds is 6. The highest BCUT2D eigenvalue weighted by Gasteiger charge is 2.53. The molecule has 0 radical (unpaired) electrons. The van der Waals surface area contributed by atoms with Gasteiger partial charge in [0.2, 0.25) is 11.8 Å². The maximum Gasteiger partial charge on any atom is 0.232 e. The molecule has 158 valence electrons. The lowest BCUT2D eigenvalue weighted by Crippen LogP contribution is -2.48. The van der Waals surface area contributed by atoms with E-state index in [-0.39, 0.29) is 23.7 Å². The molecule has 3 aliphatic rings. The molecule has 1 aromatic rings. The van der Waals surface area contributed by atoms with Crippen molar-refractivity contribution < 1.29 is 14.0 Å². The van der Waals surface area contributed by atoms with Crippen molar-refractivity contribution in [3.63, 3.8) is 0 Å². The van der Waals surface area contributed by atoms with Gasteiger partial charge in [0.05, 0.1) is 5.41 Å². The number of likely N-dealkylation sites (N-methyl/N-ethyl adjacent to an activating group) is 1. The summed E-state index contributed by atoms with van der Waals surface area (Å²) >= 11 is 0. The fourth-order valence-corrected chi connectivity index (χ4v) is 5.00. The number of fused-ring (bicyclic) bond motifs is 1. The molecule has 1 N–H and O–H groups in total. The standard InChI is InChI=1S/C22H31FN4O2/c1-25-11-13-26(14-12-25)10-2-9-24-21(29)22(17-3-5-18(23)6-4-17)15-19-7-8-20(28)27(19)16-22/h3-6,19H,2,7-16H2,1H3,(H,24,29). The highest BCUT2D eigenvalue weighted by Crippen LogP contribution is 2.43. The van der Waals surface area contributed by atoms with Crippen LogP contribution in [0, 0.1) is 5.82 Å². The number of halogens is 1. The van der Waals surface area contributed by atoms with Crippen LogP contribution < -0.4 is 5.32 Å². The third kappa shape index (κ3) is 4.16. The lowest BCUT2D eigenvalue weighted by atomic mass is 9.77. The van der Waals surface area contributed by atoms with E-state index in [1.807, 2.05) is 4.90 Å². The monoisotopic (exact) mass is 402 g/mol. The van der Waals surface area contributed by atoms with Crippen LogP contribution in [0.2, 0.25) is 0 Å². The maximum absolute atomic E-state index is 13.5. The van der Waals surface area contributed by atoms with Gasteiger partial charge in [-0.05, 0) is 50.6 Å². The van der Waals surface area contributed by atoms with Gasteiger partial charge >= 0.3 is 0 Å². The summed E-state index contributed by atoms with van der Waals surface area (Å²) in [7, 11) is 2.14. The smallest absolute Gasteiger partial charge is 0.232 e. The number of nitrogens with zero attached hydrogens (tertiary/aromatic N) is 3. The van der Waals surface area contributed by atoms with Crippen LogP contribution in [0.4, 0.5) is 4.39 Å². The van der Waals surface area contributed by atoms with Gasteiger partial charge in [-0.25, -0.2) is 4.39 Å². The topological polar surface area (TPSA) is 55.9 Å². The summed E-state index contributed by atoms with van der Waals surface area (Å²) in [5, 5.41) is 3.12. The van der Waals surface area contributed by atoms with Crippen molar-refractivity contribution in [1.29, 1.82) is 0 Å². The van der Waals surface area contributed by atoms with E-state index in [0.29, 0.717) is 25.9 Å². The molecular formula is C22H31FN4O2. The fraction of sp³-hybridized carbons (Fsp3) is 0.636. The average Bonchev–Trinajstić information content (AvgIpc) is 3.27. The van der Waals surface area contributed by atoms with Gasteiger partial charge in [0.25, 0.3) is 0 Å². The Kier molecular flexibility index (Phi) is 5.88. The molecule has 0 saturated carbocycles. The van der Waals surface area contributed by atoms with E-state index in [4.69, 9.17) is 0 Å². The summed E-state index contributed by atoms with van der Waals surface area (Å²) in [6, 6.07) is 6.33. The highest BCUT2D eigenvalue weighted by atomic mass is 19.1. The van der Waals surface area contributed by atoms with Gasteiger partial charge in [-0.15, -0.1) is 0 Å². The number of hydrogen-bond donors (Lipinski definition) is 1. The number of carbonyl (C=O) groups is 2. The second kappa shape index (κ2) is 8.40. The predicted octanol–water partition coefficient (Wildman–Crippen LogP) is 1.21. The van der Waals surface area contributed by atoms with Crippen LogP contribution in [0.25, 0.3) is 0 Å². The van der Waals surface area contributed by atoms with Crippen LogP contribution in [0.3, 0.4) is 0 Å². The molecule has 0 bridgehead atoms. The Morgan fingerprint density at radius 2 is 1.93 bits per heavy atom. The Labute approximate surface area is 172 Å². The van der Waals surface area contributed by atoms with Gasteiger partial charge in [0.15, 0.2) is 0 Å². The van der Waals surface area contributed by atoms with Crippen molar-refractivity contribution in [2.45, 2.75) is 37.1 Å². The number of benzene rings is 1. The number of carbonyl (C=O) groups excluding carboxylic acids is 2. The molecule has 2 unspecified atom stereocenters.